The molecule has 1 aliphatic heterocycles. The van der Waals surface area contributed by atoms with Crippen molar-refractivity contribution in [3.63, 3.8) is 0 Å². The number of nitrogens with two attached hydrogens (primary N) is 1. The fourth-order valence-corrected chi connectivity index (χ4v) is 2.60. The van der Waals surface area contributed by atoms with Gasteiger partial charge in [-0.2, -0.15) is 0 Å². The lowest BCUT2D eigenvalue weighted by atomic mass is 10.2. The van der Waals surface area contributed by atoms with Crippen molar-refractivity contribution in [3.8, 4) is 0 Å². The van der Waals surface area contributed by atoms with Gasteiger partial charge in [0.25, 0.3) is 5.56 Å². The van der Waals surface area contributed by atoms with E-state index < -0.39 is 17.0 Å². The van der Waals surface area contributed by atoms with Crippen LogP contribution in [0.3, 0.4) is 0 Å². The Labute approximate surface area is 118 Å². The summed E-state index contributed by atoms with van der Waals surface area (Å²) in [7, 11) is 2.74. The van der Waals surface area contributed by atoms with E-state index in [0.29, 0.717) is 11.7 Å². The Morgan fingerprint density at radius 1 is 1.40 bits per heavy atom. The summed E-state index contributed by atoms with van der Waals surface area (Å²) in [5.74, 6) is -0.478. The van der Waals surface area contributed by atoms with E-state index >= 15 is 0 Å². The number of nitrogens with zero attached hydrogens (tertiary/aromatic N) is 3. The van der Waals surface area contributed by atoms with Crippen LogP contribution in [0.25, 0.3) is 0 Å². The molecule has 0 aliphatic carbocycles. The number of amidine groups is 1. The van der Waals surface area contributed by atoms with Gasteiger partial charge in [0, 0.05) is 20.6 Å². The lowest BCUT2D eigenvalue weighted by Gasteiger charge is -2.10. The first kappa shape index (κ1) is 14.4. The van der Waals surface area contributed by atoms with Gasteiger partial charge in [-0.3, -0.25) is 23.7 Å². The number of thioether (sulfide) groups is 1. The first-order valence-corrected chi connectivity index (χ1v) is 6.92. The molecule has 1 aromatic heterocycles. The van der Waals surface area contributed by atoms with Crippen LogP contribution in [0.5, 0.6) is 0 Å². The maximum absolute atomic E-state index is 12.1. The minimum Gasteiger partial charge on any atom is -0.384 e. The zero-order valence-electron chi connectivity index (χ0n) is 11.2. The fourth-order valence-electron chi connectivity index (χ4n) is 1.80. The summed E-state index contributed by atoms with van der Waals surface area (Å²) in [6.07, 6.45) is 0. The zero-order valence-corrected chi connectivity index (χ0v) is 12.0. The Hall–Kier alpha value is -2.03. The highest BCUT2D eigenvalue weighted by Crippen LogP contribution is 2.11. The van der Waals surface area contributed by atoms with Crippen molar-refractivity contribution in [1.29, 1.82) is 0 Å². The van der Waals surface area contributed by atoms with Gasteiger partial charge in [-0.05, 0) is 0 Å². The third-order valence-electron chi connectivity index (χ3n) is 2.97. The molecule has 0 aromatic carbocycles. The van der Waals surface area contributed by atoms with Gasteiger partial charge in [0.05, 0.1) is 12.3 Å². The van der Waals surface area contributed by atoms with Crippen molar-refractivity contribution in [2.24, 2.45) is 19.1 Å². The first-order chi connectivity index (χ1) is 9.43. The van der Waals surface area contributed by atoms with Gasteiger partial charge in [0.15, 0.2) is 11.0 Å². The molecule has 0 bridgehead atoms. The molecular weight excluding hydrogens is 282 g/mol. The highest BCUT2D eigenvalue weighted by Gasteiger charge is 2.21. The highest BCUT2D eigenvalue weighted by atomic mass is 32.2. The van der Waals surface area contributed by atoms with Crippen molar-refractivity contribution < 1.29 is 4.79 Å². The van der Waals surface area contributed by atoms with Crippen LogP contribution < -0.4 is 22.3 Å². The van der Waals surface area contributed by atoms with Crippen LogP contribution >= 0.6 is 11.8 Å². The summed E-state index contributed by atoms with van der Waals surface area (Å²) >= 11 is 1.22. The van der Waals surface area contributed by atoms with Crippen LogP contribution in [0.15, 0.2) is 14.6 Å². The molecule has 0 saturated carbocycles. The highest BCUT2D eigenvalue weighted by molar-refractivity contribution is 8.14. The number of hydrogen-bond donors (Lipinski definition) is 2. The van der Waals surface area contributed by atoms with Gasteiger partial charge in [-0.1, -0.05) is 11.8 Å². The molecule has 1 aromatic rings. The van der Waals surface area contributed by atoms with Gasteiger partial charge in [0.2, 0.25) is 0 Å². The number of aliphatic imine (C=N–C) groups is 1. The van der Waals surface area contributed by atoms with E-state index in [1.54, 1.807) is 0 Å². The van der Waals surface area contributed by atoms with Gasteiger partial charge in [-0.25, -0.2) is 4.79 Å². The van der Waals surface area contributed by atoms with E-state index in [1.165, 1.54) is 25.9 Å². The second-order valence-corrected chi connectivity index (χ2v) is 5.26. The Morgan fingerprint density at radius 2 is 2.10 bits per heavy atom. The number of hydrogen-bond acceptors (Lipinski definition) is 7. The number of Topliss-reactive ketones (excluding diaryl/α,β-unsaturated/α-hetero) is 1. The minimum absolute atomic E-state index is 0.0451. The van der Waals surface area contributed by atoms with Crippen LogP contribution in [-0.4, -0.2) is 38.9 Å². The van der Waals surface area contributed by atoms with Crippen LogP contribution in [0.1, 0.15) is 10.4 Å². The average Bonchev–Trinajstić information content (AvgIpc) is 2.94. The smallest absolute Gasteiger partial charge is 0.332 e. The Kier molecular flexibility index (Phi) is 3.98. The predicted molar refractivity (Wildman–Crippen MR) is 78.4 cm³/mol. The quantitative estimate of drug-likeness (QED) is 0.660. The van der Waals surface area contributed by atoms with Crippen molar-refractivity contribution >= 4 is 28.5 Å². The van der Waals surface area contributed by atoms with Gasteiger partial charge < -0.3 is 11.1 Å². The van der Waals surface area contributed by atoms with E-state index in [1.807, 2.05) is 0 Å². The van der Waals surface area contributed by atoms with Crippen LogP contribution in [0, 0.1) is 0 Å². The summed E-state index contributed by atoms with van der Waals surface area (Å²) in [6, 6.07) is 0. The van der Waals surface area contributed by atoms with E-state index in [0.717, 1.165) is 15.7 Å². The standard InChI is InChI=1S/C11H15N5O3S/c1-15-8(12)7(9(18)16(2)11(15)19)6(17)5-20-10-13-3-4-14-10/h3-5,12H2,1-2H3,(H,13,14). The van der Waals surface area contributed by atoms with E-state index in [-0.39, 0.29) is 17.1 Å². The molecule has 0 radical (unpaired) electrons. The van der Waals surface area contributed by atoms with E-state index in [2.05, 4.69) is 10.3 Å². The number of rotatable bonds is 3. The molecule has 9 heteroatoms. The van der Waals surface area contributed by atoms with E-state index in [4.69, 9.17) is 5.73 Å². The maximum Gasteiger partial charge on any atom is 0.332 e. The largest absolute Gasteiger partial charge is 0.384 e. The number of aromatic nitrogens is 2. The monoisotopic (exact) mass is 297 g/mol. The Morgan fingerprint density at radius 3 is 2.70 bits per heavy atom. The zero-order chi connectivity index (χ0) is 14.9. The summed E-state index contributed by atoms with van der Waals surface area (Å²) < 4.78 is 1.96. The molecule has 0 spiro atoms. The van der Waals surface area contributed by atoms with E-state index in [9.17, 15) is 14.4 Å². The number of nitrogen functional groups attached to an aromatic ring is 1. The van der Waals surface area contributed by atoms with Crippen molar-refractivity contribution in [2.45, 2.75) is 0 Å². The molecule has 0 atom stereocenters. The lowest BCUT2D eigenvalue weighted by Crippen LogP contribution is -2.42. The van der Waals surface area contributed by atoms with Crippen LogP contribution in [0.2, 0.25) is 0 Å². The van der Waals surface area contributed by atoms with Crippen LogP contribution in [-0.2, 0) is 14.1 Å². The fraction of sp³-hybridized carbons (Fsp3) is 0.455. The molecule has 0 saturated heterocycles. The molecule has 0 amide bonds. The number of anilines is 1. The molecule has 3 N–H and O–H groups in total. The lowest BCUT2D eigenvalue weighted by molar-refractivity contribution is 0.102. The summed E-state index contributed by atoms with van der Waals surface area (Å²) in [5.41, 5.74) is 4.33. The Bertz CT molecular complexity index is 703. The molecule has 2 rings (SSSR count). The summed E-state index contributed by atoms with van der Waals surface area (Å²) in [6.45, 7) is 1.43. The predicted octanol–water partition coefficient (Wildman–Crippen LogP) is -1.46. The molecule has 20 heavy (non-hydrogen) atoms. The first-order valence-electron chi connectivity index (χ1n) is 5.93. The third-order valence-corrected chi connectivity index (χ3v) is 3.93. The minimum atomic E-state index is -0.669. The number of carbonyl (C=O) groups excluding carboxylic acids is 1. The van der Waals surface area contributed by atoms with Crippen LogP contribution in [0.4, 0.5) is 5.82 Å². The van der Waals surface area contributed by atoms with Gasteiger partial charge >= 0.3 is 5.69 Å². The maximum atomic E-state index is 12.1. The normalized spacial score (nSPS) is 14.0. The molecule has 8 nitrogen and oxygen atoms in total. The van der Waals surface area contributed by atoms with Crippen molar-refractivity contribution in [2.75, 3.05) is 24.6 Å². The molecule has 0 unspecified atom stereocenters. The molecule has 108 valence electrons. The summed E-state index contributed by atoms with van der Waals surface area (Å²) in [4.78, 5) is 39.9. The molecule has 2 heterocycles. The molecule has 1 aliphatic rings. The van der Waals surface area contributed by atoms with Gasteiger partial charge in [0.1, 0.15) is 11.4 Å². The molecular formula is C11H15N5O3S. The number of ketones is 1. The van der Waals surface area contributed by atoms with Crippen molar-refractivity contribution in [1.82, 2.24) is 14.5 Å². The molecule has 0 fully saturated rings. The SMILES string of the molecule is Cn1c(N)c(C(=O)CSC2=NCCN2)c(=O)n(C)c1=O. The number of nitrogens with one attached hydrogen (secondary N) is 1. The number of carbonyl (C=O) groups is 1. The third kappa shape index (κ3) is 2.48. The topological polar surface area (TPSA) is 111 Å². The second-order valence-electron chi connectivity index (χ2n) is 4.29. The Balaban J connectivity index is 2.30. The van der Waals surface area contributed by atoms with Gasteiger partial charge in [-0.15, -0.1) is 0 Å². The second kappa shape index (κ2) is 5.53. The average molecular weight is 297 g/mol. The summed E-state index contributed by atoms with van der Waals surface area (Å²) in [5, 5.41) is 3.69. The van der Waals surface area contributed by atoms with Crippen molar-refractivity contribution in [3.05, 3.63) is 26.4 Å².